The van der Waals surface area contributed by atoms with Crippen LogP contribution in [0.1, 0.15) is 18.4 Å². The van der Waals surface area contributed by atoms with Crippen molar-refractivity contribution in [3.05, 3.63) is 29.8 Å². The summed E-state index contributed by atoms with van der Waals surface area (Å²) in [7, 11) is -3.58. The summed E-state index contributed by atoms with van der Waals surface area (Å²) < 4.78 is 25.9. The summed E-state index contributed by atoms with van der Waals surface area (Å²) in [5.74, 6) is 0. The summed E-state index contributed by atoms with van der Waals surface area (Å²) in [6, 6.07) is 9.60. The van der Waals surface area contributed by atoms with Crippen molar-refractivity contribution in [1.82, 2.24) is 4.72 Å². The normalized spacial score (nSPS) is 10.5. The highest BCUT2D eigenvalue weighted by atomic mass is 32.2. The van der Waals surface area contributed by atoms with E-state index in [0.717, 1.165) is 0 Å². The van der Waals surface area contributed by atoms with Crippen molar-refractivity contribution < 1.29 is 8.42 Å². The highest BCUT2D eigenvalue weighted by Gasteiger charge is 2.13. The van der Waals surface area contributed by atoms with Gasteiger partial charge in [-0.05, 0) is 24.6 Å². The molecule has 88 valence electrons. The van der Waals surface area contributed by atoms with Crippen LogP contribution in [0.5, 0.6) is 0 Å². The van der Waals surface area contributed by atoms with Crippen LogP contribution in [-0.4, -0.2) is 15.0 Å². The van der Waals surface area contributed by atoms with E-state index in [4.69, 9.17) is 10.5 Å². The highest BCUT2D eigenvalue weighted by molar-refractivity contribution is 7.89. The van der Waals surface area contributed by atoms with Gasteiger partial charge in [0.1, 0.15) is 0 Å². The molecule has 1 aromatic carbocycles. The Balaban J connectivity index is 2.77. The zero-order valence-electron chi connectivity index (χ0n) is 9.05. The quantitative estimate of drug-likeness (QED) is 0.792. The lowest BCUT2D eigenvalue weighted by Crippen LogP contribution is -2.24. The maximum absolute atomic E-state index is 11.8. The molecule has 0 unspecified atom stereocenters. The van der Waals surface area contributed by atoms with Crippen LogP contribution in [0, 0.1) is 22.7 Å². The fraction of sp³-hybridized carbons (Fsp3) is 0.273. The predicted octanol–water partition coefficient (Wildman–Crippen LogP) is 1.14. The Kier molecular flexibility index (Phi) is 4.65. The Morgan fingerprint density at radius 3 is 2.71 bits per heavy atom. The van der Waals surface area contributed by atoms with E-state index in [0.29, 0.717) is 18.4 Å². The van der Waals surface area contributed by atoms with E-state index in [9.17, 15) is 8.42 Å². The first-order valence-corrected chi connectivity index (χ1v) is 6.45. The van der Waals surface area contributed by atoms with Crippen molar-refractivity contribution in [2.45, 2.75) is 17.7 Å². The molecule has 0 aliphatic rings. The van der Waals surface area contributed by atoms with Gasteiger partial charge in [-0.1, -0.05) is 6.07 Å². The van der Waals surface area contributed by atoms with E-state index >= 15 is 0 Å². The molecule has 0 aliphatic carbocycles. The molecule has 1 N–H and O–H groups in total. The fourth-order valence-electron chi connectivity index (χ4n) is 1.19. The van der Waals surface area contributed by atoms with Crippen molar-refractivity contribution in [3.63, 3.8) is 0 Å². The number of benzene rings is 1. The zero-order valence-corrected chi connectivity index (χ0v) is 9.87. The van der Waals surface area contributed by atoms with Crippen molar-refractivity contribution in [1.29, 1.82) is 10.5 Å². The average Bonchev–Trinajstić information content (AvgIpc) is 2.35. The molecule has 5 nitrogen and oxygen atoms in total. The first-order chi connectivity index (χ1) is 8.10. The monoisotopic (exact) mass is 249 g/mol. The molecular formula is C11H11N3O2S. The lowest BCUT2D eigenvalue weighted by molar-refractivity contribution is 0.579. The number of hydrogen-bond acceptors (Lipinski definition) is 4. The molecule has 0 heterocycles. The second-order valence-electron chi connectivity index (χ2n) is 3.30. The molecule has 0 amide bonds. The van der Waals surface area contributed by atoms with Gasteiger partial charge >= 0.3 is 0 Å². The van der Waals surface area contributed by atoms with Crippen LogP contribution in [0.15, 0.2) is 29.2 Å². The number of hydrogen-bond donors (Lipinski definition) is 1. The molecular weight excluding hydrogens is 238 g/mol. The SMILES string of the molecule is N#CCCCNS(=O)(=O)c1cccc(C#N)c1. The van der Waals surface area contributed by atoms with Crippen LogP contribution in [-0.2, 0) is 10.0 Å². The Bertz CT molecular complexity index is 567. The summed E-state index contributed by atoms with van der Waals surface area (Å²) in [6.45, 7) is 0.215. The number of unbranched alkanes of at least 4 members (excludes halogenated alkanes) is 1. The fourth-order valence-corrected chi connectivity index (χ4v) is 2.31. The molecule has 0 fully saturated rings. The maximum atomic E-state index is 11.8. The largest absolute Gasteiger partial charge is 0.240 e. The highest BCUT2D eigenvalue weighted by Crippen LogP contribution is 2.10. The lowest BCUT2D eigenvalue weighted by atomic mass is 10.2. The number of sulfonamides is 1. The second-order valence-corrected chi connectivity index (χ2v) is 5.07. The second kappa shape index (κ2) is 6.00. The van der Waals surface area contributed by atoms with Gasteiger partial charge in [0, 0.05) is 13.0 Å². The van der Waals surface area contributed by atoms with Crippen molar-refractivity contribution >= 4 is 10.0 Å². The Morgan fingerprint density at radius 2 is 2.06 bits per heavy atom. The molecule has 17 heavy (non-hydrogen) atoms. The van der Waals surface area contributed by atoms with Gasteiger partial charge in [0.25, 0.3) is 0 Å². The molecule has 0 atom stereocenters. The van der Waals surface area contributed by atoms with Crippen LogP contribution >= 0.6 is 0 Å². The van der Waals surface area contributed by atoms with E-state index in [1.807, 2.05) is 12.1 Å². The predicted molar refractivity (Wildman–Crippen MR) is 61.2 cm³/mol. The number of rotatable bonds is 5. The summed E-state index contributed by atoms with van der Waals surface area (Å²) in [4.78, 5) is 0.0634. The molecule has 6 heteroatoms. The molecule has 1 rings (SSSR count). The van der Waals surface area contributed by atoms with Gasteiger partial charge in [0.15, 0.2) is 0 Å². The molecule has 0 spiro atoms. The topological polar surface area (TPSA) is 93.8 Å². The Labute approximate surface area is 100 Å². The summed E-state index contributed by atoms with van der Waals surface area (Å²) in [6.07, 6.45) is 0.772. The maximum Gasteiger partial charge on any atom is 0.240 e. The van der Waals surface area contributed by atoms with Gasteiger partial charge in [-0.2, -0.15) is 10.5 Å². The van der Waals surface area contributed by atoms with Crippen molar-refractivity contribution in [2.24, 2.45) is 0 Å². The van der Waals surface area contributed by atoms with Crippen LogP contribution in [0.3, 0.4) is 0 Å². The van der Waals surface area contributed by atoms with Crippen LogP contribution in [0.4, 0.5) is 0 Å². The van der Waals surface area contributed by atoms with E-state index in [2.05, 4.69) is 4.72 Å². The van der Waals surface area contributed by atoms with Gasteiger partial charge < -0.3 is 0 Å². The van der Waals surface area contributed by atoms with E-state index in [1.165, 1.54) is 24.3 Å². The molecule has 0 bridgehead atoms. The smallest absolute Gasteiger partial charge is 0.211 e. The van der Waals surface area contributed by atoms with Gasteiger partial charge in [-0.25, -0.2) is 13.1 Å². The molecule has 1 aromatic rings. The first-order valence-electron chi connectivity index (χ1n) is 4.97. The standard InChI is InChI=1S/C11H11N3O2S/c12-6-1-2-7-14-17(15,16)11-5-3-4-10(8-11)9-13/h3-5,8,14H,1-2,7H2. The number of nitrogens with zero attached hydrogens (tertiary/aromatic N) is 2. The Hall–Kier alpha value is -1.89. The molecule has 0 aromatic heterocycles. The zero-order chi connectivity index (χ0) is 12.7. The third kappa shape index (κ3) is 3.87. The third-order valence-electron chi connectivity index (χ3n) is 2.03. The molecule has 0 saturated carbocycles. The van der Waals surface area contributed by atoms with Gasteiger partial charge in [0.05, 0.1) is 22.6 Å². The van der Waals surface area contributed by atoms with E-state index in [1.54, 1.807) is 0 Å². The van der Waals surface area contributed by atoms with Crippen LogP contribution in [0.25, 0.3) is 0 Å². The third-order valence-corrected chi connectivity index (χ3v) is 3.49. The van der Waals surface area contributed by atoms with Gasteiger partial charge in [-0.15, -0.1) is 0 Å². The lowest BCUT2D eigenvalue weighted by Gasteiger charge is -2.05. The molecule has 0 aliphatic heterocycles. The number of nitrogens with one attached hydrogen (secondary N) is 1. The Morgan fingerprint density at radius 1 is 1.29 bits per heavy atom. The summed E-state index contributed by atoms with van der Waals surface area (Å²) in [5.41, 5.74) is 0.296. The first kappa shape index (κ1) is 13.2. The molecule has 0 radical (unpaired) electrons. The van der Waals surface area contributed by atoms with Crippen LogP contribution in [0.2, 0.25) is 0 Å². The van der Waals surface area contributed by atoms with Crippen molar-refractivity contribution in [2.75, 3.05) is 6.54 Å². The number of nitriles is 2. The minimum Gasteiger partial charge on any atom is -0.211 e. The minimum absolute atomic E-state index is 0.0634. The minimum atomic E-state index is -3.58. The summed E-state index contributed by atoms with van der Waals surface area (Å²) in [5, 5.41) is 17.0. The van der Waals surface area contributed by atoms with Gasteiger partial charge in [0.2, 0.25) is 10.0 Å². The van der Waals surface area contributed by atoms with Crippen molar-refractivity contribution in [3.8, 4) is 12.1 Å². The van der Waals surface area contributed by atoms with E-state index < -0.39 is 10.0 Å². The average molecular weight is 249 g/mol. The molecule has 0 saturated heterocycles. The van der Waals surface area contributed by atoms with Crippen LogP contribution < -0.4 is 4.72 Å². The van der Waals surface area contributed by atoms with E-state index in [-0.39, 0.29) is 11.4 Å². The van der Waals surface area contributed by atoms with Gasteiger partial charge in [-0.3, -0.25) is 0 Å². The summed E-state index contributed by atoms with van der Waals surface area (Å²) >= 11 is 0.